The summed E-state index contributed by atoms with van der Waals surface area (Å²) in [7, 11) is -2.51. The first kappa shape index (κ1) is 27.3. The number of ether oxygens (including phenoxy) is 1. The van der Waals surface area contributed by atoms with E-state index in [1.807, 2.05) is 26.8 Å². The lowest BCUT2D eigenvalue weighted by Gasteiger charge is -2.43. The number of carbonyl (C=O) groups is 1. The summed E-state index contributed by atoms with van der Waals surface area (Å²) in [5, 5.41) is 7.89. The van der Waals surface area contributed by atoms with Gasteiger partial charge in [0.2, 0.25) is 0 Å². The van der Waals surface area contributed by atoms with Crippen molar-refractivity contribution in [1.29, 1.82) is 0 Å². The summed E-state index contributed by atoms with van der Waals surface area (Å²) in [6.07, 6.45) is 3.47. The molecule has 3 aromatic carbocycles. The second-order valence-electron chi connectivity index (χ2n) is 12.9. The summed E-state index contributed by atoms with van der Waals surface area (Å²) >= 11 is 0. The molecule has 4 aromatic rings. The van der Waals surface area contributed by atoms with Crippen molar-refractivity contribution in [2.24, 2.45) is 11.8 Å². The predicted molar refractivity (Wildman–Crippen MR) is 160 cm³/mol. The zero-order valence-corrected chi connectivity index (χ0v) is 25.0. The van der Waals surface area contributed by atoms with E-state index in [1.54, 1.807) is 6.20 Å². The maximum Gasteiger partial charge on any atom is 0.435 e. The van der Waals surface area contributed by atoms with Crippen molar-refractivity contribution in [2.45, 2.75) is 65.0 Å². The predicted octanol–water partition coefficient (Wildman–Crippen LogP) is 6.57. The van der Waals surface area contributed by atoms with Gasteiger partial charge in [0.1, 0.15) is 5.60 Å². The molecule has 0 amide bonds. The Kier molecular flexibility index (Phi) is 7.29. The molecular weight excluding hydrogens is 500 g/mol. The standard InChI is InChI=1S/C33H40N2O3Si/c1-32(2,3)38-31(36)35-30-18-17-24(20-26(30)22-34-35)19-25-21-27(25)23-37-39(33(4,5)6,28-13-9-7-10-14-28)29-15-11-8-12-16-29/h7-18,20,22,25,27H,19,21,23H2,1-6H3. The summed E-state index contributed by atoms with van der Waals surface area (Å²) in [5.74, 6) is 1.15. The zero-order chi connectivity index (χ0) is 27.8. The molecular formula is C33H40N2O3Si. The summed E-state index contributed by atoms with van der Waals surface area (Å²) in [5.41, 5.74) is 1.48. The Labute approximate surface area is 233 Å². The Hall–Kier alpha value is -3.22. The van der Waals surface area contributed by atoms with Gasteiger partial charge in [0, 0.05) is 12.0 Å². The molecule has 1 aliphatic carbocycles. The number of hydrogen-bond donors (Lipinski definition) is 0. The maximum absolute atomic E-state index is 12.5. The van der Waals surface area contributed by atoms with E-state index in [1.165, 1.54) is 27.0 Å². The van der Waals surface area contributed by atoms with Gasteiger partial charge in [-0.1, -0.05) is 87.5 Å². The van der Waals surface area contributed by atoms with Crippen molar-refractivity contribution in [3.8, 4) is 0 Å². The van der Waals surface area contributed by atoms with E-state index in [9.17, 15) is 4.79 Å². The third-order valence-corrected chi connectivity index (χ3v) is 12.7. The molecule has 1 aliphatic rings. The molecule has 2 unspecified atom stereocenters. The van der Waals surface area contributed by atoms with Crippen molar-refractivity contribution in [3.05, 3.63) is 90.6 Å². The number of nitrogens with zero attached hydrogens (tertiary/aromatic N) is 2. The molecule has 1 saturated carbocycles. The smallest absolute Gasteiger partial charge is 0.435 e. The Morgan fingerprint density at radius 3 is 2.08 bits per heavy atom. The maximum atomic E-state index is 12.5. The van der Waals surface area contributed by atoms with Crippen LogP contribution in [0.2, 0.25) is 5.04 Å². The number of fused-ring (bicyclic) bond motifs is 1. The molecule has 0 spiro atoms. The van der Waals surface area contributed by atoms with Gasteiger partial charge in [0.25, 0.3) is 8.32 Å². The van der Waals surface area contributed by atoms with Crippen molar-refractivity contribution in [2.75, 3.05) is 6.61 Å². The first-order valence-corrected chi connectivity index (χ1v) is 15.8. The third-order valence-electron chi connectivity index (χ3n) is 7.70. The molecule has 0 aliphatic heterocycles. The lowest BCUT2D eigenvalue weighted by Crippen LogP contribution is -2.66. The van der Waals surface area contributed by atoms with E-state index in [0.717, 1.165) is 23.9 Å². The van der Waals surface area contributed by atoms with Crippen molar-refractivity contribution < 1.29 is 14.0 Å². The second-order valence-corrected chi connectivity index (χ2v) is 17.2. The average Bonchev–Trinajstić information content (AvgIpc) is 3.47. The van der Waals surface area contributed by atoms with Gasteiger partial charge < -0.3 is 9.16 Å². The van der Waals surface area contributed by atoms with Gasteiger partial charge in [-0.3, -0.25) is 0 Å². The SMILES string of the molecule is CC(C)(C)OC(=O)n1ncc2cc(CC3CC3CO[Si](c3ccccc3)(c3ccccc3)C(C)(C)C)ccc21. The van der Waals surface area contributed by atoms with E-state index in [-0.39, 0.29) is 5.04 Å². The Morgan fingerprint density at radius 1 is 0.897 bits per heavy atom. The van der Waals surface area contributed by atoms with Crippen LogP contribution in [0.5, 0.6) is 0 Å². The quantitative estimate of drug-likeness (QED) is 0.249. The van der Waals surface area contributed by atoms with Crippen LogP contribution in [-0.4, -0.2) is 36.4 Å². The Morgan fingerprint density at radius 2 is 1.51 bits per heavy atom. The Balaban J connectivity index is 1.30. The van der Waals surface area contributed by atoms with Crippen LogP contribution in [0.4, 0.5) is 4.79 Å². The van der Waals surface area contributed by atoms with Gasteiger partial charge in [0.05, 0.1) is 11.7 Å². The van der Waals surface area contributed by atoms with E-state index in [0.29, 0.717) is 11.8 Å². The molecule has 204 valence electrons. The lowest BCUT2D eigenvalue weighted by molar-refractivity contribution is 0.0522. The first-order valence-electron chi connectivity index (χ1n) is 13.9. The highest BCUT2D eigenvalue weighted by Gasteiger charge is 2.51. The van der Waals surface area contributed by atoms with Gasteiger partial charge in [0.15, 0.2) is 0 Å². The van der Waals surface area contributed by atoms with Gasteiger partial charge >= 0.3 is 6.09 Å². The van der Waals surface area contributed by atoms with Crippen LogP contribution in [0.3, 0.4) is 0 Å². The molecule has 5 rings (SSSR count). The summed E-state index contributed by atoms with van der Waals surface area (Å²) in [6.45, 7) is 13.3. The molecule has 1 fully saturated rings. The minimum atomic E-state index is -2.51. The topological polar surface area (TPSA) is 53.4 Å². The highest BCUT2D eigenvalue weighted by molar-refractivity contribution is 6.99. The van der Waals surface area contributed by atoms with Crippen LogP contribution in [0.15, 0.2) is 85.1 Å². The number of hydrogen-bond acceptors (Lipinski definition) is 4. The van der Waals surface area contributed by atoms with E-state index in [2.05, 4.69) is 98.7 Å². The summed E-state index contributed by atoms with van der Waals surface area (Å²) in [4.78, 5) is 12.5. The fourth-order valence-corrected chi connectivity index (χ4v) is 10.3. The van der Waals surface area contributed by atoms with E-state index >= 15 is 0 Å². The normalized spacial score (nSPS) is 17.8. The minimum absolute atomic E-state index is 0.0145. The van der Waals surface area contributed by atoms with Gasteiger partial charge in [-0.2, -0.15) is 9.78 Å². The molecule has 0 radical (unpaired) electrons. The van der Waals surface area contributed by atoms with Crippen LogP contribution in [-0.2, 0) is 15.6 Å². The molecule has 2 atom stereocenters. The van der Waals surface area contributed by atoms with Crippen molar-refractivity contribution in [1.82, 2.24) is 9.78 Å². The minimum Gasteiger partial charge on any atom is -0.442 e. The van der Waals surface area contributed by atoms with Crippen LogP contribution in [0.1, 0.15) is 53.5 Å². The summed E-state index contributed by atoms with van der Waals surface area (Å²) < 4.78 is 14.0. The molecule has 0 bridgehead atoms. The number of benzene rings is 3. The van der Waals surface area contributed by atoms with Crippen LogP contribution >= 0.6 is 0 Å². The van der Waals surface area contributed by atoms with Gasteiger partial charge in [-0.15, -0.1) is 0 Å². The van der Waals surface area contributed by atoms with Gasteiger partial charge in [-0.25, -0.2) is 4.79 Å². The van der Waals surface area contributed by atoms with E-state index < -0.39 is 20.0 Å². The van der Waals surface area contributed by atoms with Crippen LogP contribution in [0.25, 0.3) is 10.9 Å². The first-order chi connectivity index (χ1) is 18.5. The molecule has 0 N–H and O–H groups in total. The fraction of sp³-hybridized carbons (Fsp3) is 0.394. The monoisotopic (exact) mass is 540 g/mol. The average molecular weight is 541 g/mol. The van der Waals surface area contributed by atoms with E-state index in [4.69, 9.17) is 9.16 Å². The molecule has 39 heavy (non-hydrogen) atoms. The highest BCUT2D eigenvalue weighted by Crippen LogP contribution is 2.44. The molecule has 1 aromatic heterocycles. The number of rotatable bonds is 7. The van der Waals surface area contributed by atoms with Crippen LogP contribution < -0.4 is 10.4 Å². The van der Waals surface area contributed by atoms with Crippen molar-refractivity contribution >= 4 is 35.7 Å². The fourth-order valence-electron chi connectivity index (χ4n) is 5.72. The van der Waals surface area contributed by atoms with Crippen LogP contribution in [0, 0.1) is 11.8 Å². The highest BCUT2D eigenvalue weighted by atomic mass is 28.4. The molecule has 5 nitrogen and oxygen atoms in total. The van der Waals surface area contributed by atoms with Crippen molar-refractivity contribution in [3.63, 3.8) is 0 Å². The molecule has 1 heterocycles. The largest absolute Gasteiger partial charge is 0.442 e. The summed E-state index contributed by atoms with van der Waals surface area (Å²) in [6, 6.07) is 28.0. The lowest BCUT2D eigenvalue weighted by atomic mass is 10.1. The number of carbonyl (C=O) groups excluding carboxylic acids is 1. The second kappa shape index (κ2) is 10.4. The molecule has 0 saturated heterocycles. The number of aromatic nitrogens is 2. The zero-order valence-electron chi connectivity index (χ0n) is 24.0. The Bertz CT molecular complexity index is 1400. The molecule has 6 heteroatoms. The van der Waals surface area contributed by atoms with Gasteiger partial charge in [-0.05, 0) is 78.6 Å². The third kappa shape index (κ3) is 5.73.